The second-order valence-corrected chi connectivity index (χ2v) is 5.80. The lowest BCUT2D eigenvalue weighted by atomic mass is 10.0. The molecule has 0 atom stereocenters. The first kappa shape index (κ1) is 15.5. The van der Waals surface area contributed by atoms with Crippen LogP contribution in [-0.2, 0) is 16.3 Å². The third-order valence-corrected chi connectivity index (χ3v) is 3.72. The van der Waals surface area contributed by atoms with Gasteiger partial charge in [-0.3, -0.25) is 9.54 Å². The molecule has 4 nitrogen and oxygen atoms in total. The highest BCUT2D eigenvalue weighted by Crippen LogP contribution is 2.32. The molecule has 1 N–H and O–H groups in total. The lowest BCUT2D eigenvalue weighted by Gasteiger charge is -2.10. The molecule has 2 aromatic rings. The molecule has 0 saturated carbocycles. The van der Waals surface area contributed by atoms with Crippen molar-refractivity contribution in [1.82, 2.24) is 4.98 Å². The summed E-state index contributed by atoms with van der Waals surface area (Å²) in [7, 11) is -4.43. The smallest absolute Gasteiger partial charge is 0.282 e. The fourth-order valence-corrected chi connectivity index (χ4v) is 2.33. The fourth-order valence-electron chi connectivity index (χ4n) is 1.83. The maximum absolute atomic E-state index is 12.7. The lowest BCUT2D eigenvalue weighted by Crippen LogP contribution is -2.07. The maximum atomic E-state index is 12.7. The van der Waals surface area contributed by atoms with Crippen LogP contribution < -0.4 is 0 Å². The topological polar surface area (TPSA) is 67.3 Å². The molecule has 1 aromatic heterocycles. The molecule has 0 fully saturated rings. The SMILES string of the molecule is Cc1ccc(S(=O)(=O)O)cc1-c1ccnc(C(F)(F)F)c1. The van der Waals surface area contributed by atoms with Crippen LogP contribution in [0.5, 0.6) is 0 Å². The van der Waals surface area contributed by atoms with E-state index in [1.54, 1.807) is 6.92 Å². The first-order valence-corrected chi connectivity index (χ1v) is 7.15. The molecule has 21 heavy (non-hydrogen) atoms. The molecule has 0 bridgehead atoms. The van der Waals surface area contributed by atoms with Crippen molar-refractivity contribution in [3.05, 3.63) is 47.8 Å². The highest BCUT2D eigenvalue weighted by molar-refractivity contribution is 7.85. The van der Waals surface area contributed by atoms with Crippen LogP contribution in [0.15, 0.2) is 41.4 Å². The molecule has 0 amide bonds. The van der Waals surface area contributed by atoms with Crippen LogP contribution in [0.1, 0.15) is 11.3 Å². The van der Waals surface area contributed by atoms with E-state index in [4.69, 9.17) is 4.55 Å². The van der Waals surface area contributed by atoms with Crippen molar-refractivity contribution in [3.8, 4) is 11.1 Å². The van der Waals surface area contributed by atoms with Gasteiger partial charge in [-0.05, 0) is 47.9 Å². The average molecular weight is 317 g/mol. The maximum Gasteiger partial charge on any atom is 0.433 e. The zero-order valence-corrected chi connectivity index (χ0v) is 11.5. The Labute approximate surface area is 119 Å². The van der Waals surface area contributed by atoms with E-state index in [0.29, 0.717) is 5.56 Å². The summed E-state index contributed by atoms with van der Waals surface area (Å²) in [5, 5.41) is 0. The van der Waals surface area contributed by atoms with Crippen LogP contribution in [0.4, 0.5) is 13.2 Å². The van der Waals surface area contributed by atoms with E-state index in [2.05, 4.69) is 4.98 Å². The summed E-state index contributed by atoms with van der Waals surface area (Å²) in [4.78, 5) is 2.86. The van der Waals surface area contributed by atoms with E-state index < -0.39 is 22.0 Å². The molecule has 0 aliphatic carbocycles. The van der Waals surface area contributed by atoms with Crippen molar-refractivity contribution >= 4 is 10.1 Å². The third kappa shape index (κ3) is 3.40. The van der Waals surface area contributed by atoms with Crippen LogP contribution in [0.25, 0.3) is 11.1 Å². The molecule has 8 heteroatoms. The van der Waals surface area contributed by atoms with Crippen molar-refractivity contribution in [2.75, 3.05) is 0 Å². The van der Waals surface area contributed by atoms with Gasteiger partial charge < -0.3 is 0 Å². The molecule has 0 spiro atoms. The highest BCUT2D eigenvalue weighted by Gasteiger charge is 2.32. The van der Waals surface area contributed by atoms with Gasteiger partial charge in [-0.25, -0.2) is 0 Å². The molecule has 0 aliphatic heterocycles. The summed E-state index contributed by atoms with van der Waals surface area (Å²) in [5.41, 5.74) is -0.0586. The molecule has 2 rings (SSSR count). The molecular formula is C13H10F3NO3S. The monoisotopic (exact) mass is 317 g/mol. The number of alkyl halides is 3. The number of rotatable bonds is 2. The van der Waals surface area contributed by atoms with Gasteiger partial charge in [0.1, 0.15) is 5.69 Å². The second kappa shape index (κ2) is 5.12. The van der Waals surface area contributed by atoms with Gasteiger partial charge in [0.15, 0.2) is 0 Å². The predicted molar refractivity (Wildman–Crippen MR) is 69.2 cm³/mol. The fraction of sp³-hybridized carbons (Fsp3) is 0.154. The molecule has 0 saturated heterocycles. The van der Waals surface area contributed by atoms with Crippen molar-refractivity contribution in [1.29, 1.82) is 0 Å². The molecular weight excluding hydrogens is 307 g/mol. The lowest BCUT2D eigenvalue weighted by molar-refractivity contribution is -0.141. The van der Waals surface area contributed by atoms with Crippen LogP contribution in [0.2, 0.25) is 0 Å². The van der Waals surface area contributed by atoms with Gasteiger partial charge in [-0.2, -0.15) is 21.6 Å². The summed E-state index contributed by atoms with van der Waals surface area (Å²) in [5.74, 6) is 0. The normalized spacial score (nSPS) is 12.4. The van der Waals surface area contributed by atoms with Crippen LogP contribution in [0.3, 0.4) is 0 Å². The largest absolute Gasteiger partial charge is 0.433 e. The Kier molecular flexibility index (Phi) is 3.77. The van der Waals surface area contributed by atoms with Crippen LogP contribution in [-0.4, -0.2) is 18.0 Å². The number of aromatic nitrogens is 1. The van der Waals surface area contributed by atoms with Gasteiger partial charge in [0.05, 0.1) is 4.90 Å². The van der Waals surface area contributed by atoms with E-state index in [1.807, 2.05) is 0 Å². The van der Waals surface area contributed by atoms with Gasteiger partial charge in [-0.1, -0.05) is 6.07 Å². The summed E-state index contributed by atoms with van der Waals surface area (Å²) >= 11 is 0. The van der Waals surface area contributed by atoms with Gasteiger partial charge >= 0.3 is 6.18 Å². The van der Waals surface area contributed by atoms with Gasteiger partial charge in [0.25, 0.3) is 10.1 Å². The summed E-state index contributed by atoms with van der Waals surface area (Å²) in [6.45, 7) is 1.62. The van der Waals surface area contributed by atoms with Crippen molar-refractivity contribution in [3.63, 3.8) is 0 Å². The van der Waals surface area contributed by atoms with Crippen LogP contribution >= 0.6 is 0 Å². The second-order valence-electron chi connectivity index (χ2n) is 4.38. The quantitative estimate of drug-likeness (QED) is 0.863. The number of benzene rings is 1. The Bertz CT molecular complexity index is 785. The van der Waals surface area contributed by atoms with Gasteiger partial charge in [0.2, 0.25) is 0 Å². The van der Waals surface area contributed by atoms with Crippen molar-refractivity contribution < 1.29 is 26.1 Å². The minimum Gasteiger partial charge on any atom is -0.282 e. The number of hydrogen-bond donors (Lipinski definition) is 1. The Morgan fingerprint density at radius 1 is 1.14 bits per heavy atom. The standard InChI is InChI=1S/C13H10F3NO3S/c1-8-2-3-10(21(18,19)20)7-11(8)9-4-5-17-12(6-9)13(14,15)16/h2-7H,1H3,(H,18,19,20). The minimum atomic E-state index is -4.59. The van der Waals surface area contributed by atoms with Crippen molar-refractivity contribution in [2.45, 2.75) is 18.0 Å². The summed E-state index contributed by atoms with van der Waals surface area (Å²) in [6.07, 6.45) is -3.59. The summed E-state index contributed by atoms with van der Waals surface area (Å²) < 4.78 is 69.2. The Hall–Kier alpha value is -1.93. The predicted octanol–water partition coefficient (Wildman–Crippen LogP) is 3.32. The number of hydrogen-bond acceptors (Lipinski definition) is 3. The Morgan fingerprint density at radius 2 is 1.81 bits per heavy atom. The number of halogens is 3. The first-order valence-electron chi connectivity index (χ1n) is 5.71. The van der Waals surface area contributed by atoms with E-state index in [9.17, 15) is 21.6 Å². The highest BCUT2D eigenvalue weighted by atomic mass is 32.2. The summed E-state index contributed by atoms with van der Waals surface area (Å²) in [6, 6.07) is 5.88. The number of nitrogens with zero attached hydrogens (tertiary/aromatic N) is 1. The molecule has 0 radical (unpaired) electrons. The molecule has 0 aliphatic rings. The van der Waals surface area contributed by atoms with Crippen molar-refractivity contribution in [2.24, 2.45) is 0 Å². The molecule has 112 valence electrons. The number of pyridine rings is 1. The van der Waals surface area contributed by atoms with Crippen LogP contribution in [0, 0.1) is 6.92 Å². The van der Waals surface area contributed by atoms with E-state index >= 15 is 0 Å². The zero-order chi connectivity index (χ0) is 15.8. The van der Waals surface area contributed by atoms with E-state index in [0.717, 1.165) is 18.3 Å². The van der Waals surface area contributed by atoms with E-state index in [1.165, 1.54) is 18.2 Å². The number of aryl methyl sites for hydroxylation is 1. The van der Waals surface area contributed by atoms with Gasteiger partial charge in [0, 0.05) is 6.20 Å². The average Bonchev–Trinajstić information content (AvgIpc) is 2.37. The van der Waals surface area contributed by atoms with E-state index in [-0.39, 0.29) is 16.0 Å². The van der Waals surface area contributed by atoms with Gasteiger partial charge in [-0.15, -0.1) is 0 Å². The third-order valence-electron chi connectivity index (χ3n) is 2.87. The molecule has 0 unspecified atom stereocenters. The Morgan fingerprint density at radius 3 is 2.38 bits per heavy atom. The molecule has 1 aromatic carbocycles. The minimum absolute atomic E-state index is 0.167. The molecule has 1 heterocycles. The first-order chi connectivity index (χ1) is 9.59. The zero-order valence-electron chi connectivity index (χ0n) is 10.7. The Balaban J connectivity index is 2.62.